The summed E-state index contributed by atoms with van der Waals surface area (Å²) in [5.41, 5.74) is 1.10. The molecule has 1 fully saturated rings. The molecule has 0 spiro atoms. The van der Waals surface area contributed by atoms with E-state index in [1.54, 1.807) is 6.20 Å². The van der Waals surface area contributed by atoms with Gasteiger partial charge in [-0.3, -0.25) is 4.90 Å². The number of thiazole rings is 1. The zero-order chi connectivity index (χ0) is 15.5. The molecule has 1 aliphatic heterocycles. The highest BCUT2D eigenvalue weighted by Crippen LogP contribution is 2.30. The Hall–Kier alpha value is -1.31. The lowest BCUT2D eigenvalue weighted by Crippen LogP contribution is -2.41. The maximum Gasteiger partial charge on any atom is 0.107 e. The lowest BCUT2D eigenvalue weighted by atomic mass is 10.0. The van der Waals surface area contributed by atoms with E-state index in [0.717, 1.165) is 10.6 Å². The second kappa shape index (κ2) is 6.85. The van der Waals surface area contributed by atoms with Crippen LogP contribution in [0.3, 0.4) is 0 Å². The van der Waals surface area contributed by atoms with Gasteiger partial charge in [0.1, 0.15) is 5.01 Å². The van der Waals surface area contributed by atoms with E-state index in [9.17, 15) is 15.3 Å². The van der Waals surface area contributed by atoms with Crippen molar-refractivity contribution in [3.8, 4) is 0 Å². The zero-order valence-electron chi connectivity index (χ0n) is 12.1. The first-order valence-electron chi connectivity index (χ1n) is 7.35. The molecule has 2 aromatic rings. The van der Waals surface area contributed by atoms with E-state index in [4.69, 9.17) is 0 Å². The molecule has 0 amide bonds. The van der Waals surface area contributed by atoms with Gasteiger partial charge in [0.2, 0.25) is 0 Å². The van der Waals surface area contributed by atoms with Gasteiger partial charge >= 0.3 is 0 Å². The van der Waals surface area contributed by atoms with Gasteiger partial charge in [0.05, 0.1) is 31.4 Å². The Bertz CT molecular complexity index is 578. The van der Waals surface area contributed by atoms with Gasteiger partial charge in [-0.15, -0.1) is 11.3 Å². The molecule has 1 saturated heterocycles. The van der Waals surface area contributed by atoms with Crippen molar-refractivity contribution in [2.24, 2.45) is 0 Å². The monoisotopic (exact) mass is 320 g/mol. The van der Waals surface area contributed by atoms with Crippen LogP contribution in [0.15, 0.2) is 41.9 Å². The molecule has 0 bridgehead atoms. The van der Waals surface area contributed by atoms with Gasteiger partial charge in [0, 0.05) is 17.6 Å². The molecule has 0 aliphatic carbocycles. The van der Waals surface area contributed by atoms with Crippen molar-refractivity contribution in [1.82, 2.24) is 9.88 Å². The quantitative estimate of drug-likeness (QED) is 0.754. The highest BCUT2D eigenvalue weighted by molar-refractivity contribution is 7.09. The summed E-state index contributed by atoms with van der Waals surface area (Å²) in [4.78, 5) is 6.25. The molecule has 4 atom stereocenters. The fourth-order valence-electron chi connectivity index (χ4n) is 3.12. The number of benzene rings is 1. The van der Waals surface area contributed by atoms with Gasteiger partial charge in [-0.05, 0) is 12.0 Å². The molecule has 1 aliphatic rings. The number of aromatic nitrogens is 1. The second-order valence-corrected chi connectivity index (χ2v) is 6.57. The van der Waals surface area contributed by atoms with Crippen LogP contribution < -0.4 is 0 Å². The van der Waals surface area contributed by atoms with E-state index in [1.807, 2.05) is 40.6 Å². The van der Waals surface area contributed by atoms with E-state index in [-0.39, 0.29) is 12.6 Å². The van der Waals surface area contributed by atoms with Crippen LogP contribution in [0.25, 0.3) is 0 Å². The topological polar surface area (TPSA) is 76.8 Å². The van der Waals surface area contributed by atoms with Gasteiger partial charge < -0.3 is 15.3 Å². The first kappa shape index (κ1) is 15.6. The van der Waals surface area contributed by atoms with E-state index in [1.165, 1.54) is 11.3 Å². The molecular weight excluding hydrogens is 300 g/mol. The molecule has 1 aromatic heterocycles. The molecule has 0 unspecified atom stereocenters. The van der Waals surface area contributed by atoms with Crippen LogP contribution in [0.5, 0.6) is 0 Å². The van der Waals surface area contributed by atoms with Crippen LogP contribution in [0.1, 0.15) is 10.6 Å². The third kappa shape index (κ3) is 3.06. The summed E-state index contributed by atoms with van der Waals surface area (Å²) in [5, 5.41) is 33.1. The molecule has 2 heterocycles. The summed E-state index contributed by atoms with van der Waals surface area (Å²) < 4.78 is 0. The highest BCUT2D eigenvalue weighted by Gasteiger charge is 2.47. The van der Waals surface area contributed by atoms with Gasteiger partial charge in [0.25, 0.3) is 0 Å². The maximum atomic E-state index is 10.4. The number of hydrogen-bond donors (Lipinski definition) is 3. The normalized spacial score (nSPS) is 29.0. The average Bonchev–Trinajstić information content (AvgIpc) is 3.12. The minimum atomic E-state index is -0.946. The van der Waals surface area contributed by atoms with Crippen molar-refractivity contribution < 1.29 is 15.3 Å². The first-order valence-corrected chi connectivity index (χ1v) is 8.23. The molecule has 22 heavy (non-hydrogen) atoms. The van der Waals surface area contributed by atoms with Gasteiger partial charge in [0.15, 0.2) is 0 Å². The second-order valence-electron chi connectivity index (χ2n) is 5.59. The van der Waals surface area contributed by atoms with E-state index in [0.29, 0.717) is 13.0 Å². The number of rotatable bonds is 5. The third-order valence-corrected chi connectivity index (χ3v) is 5.03. The zero-order valence-corrected chi connectivity index (χ0v) is 12.9. The summed E-state index contributed by atoms with van der Waals surface area (Å²) in [7, 11) is 0. The third-order valence-electron chi connectivity index (χ3n) is 4.27. The predicted molar refractivity (Wildman–Crippen MR) is 84.5 cm³/mol. The fraction of sp³-hybridized carbons (Fsp3) is 0.438. The Balaban J connectivity index is 1.83. The Morgan fingerprint density at radius 1 is 1.09 bits per heavy atom. The average molecular weight is 320 g/mol. The fourth-order valence-corrected chi connectivity index (χ4v) is 3.75. The van der Waals surface area contributed by atoms with Crippen LogP contribution in [0, 0.1) is 0 Å². The lowest BCUT2D eigenvalue weighted by Gasteiger charge is -2.28. The minimum Gasteiger partial charge on any atom is -0.395 e. The van der Waals surface area contributed by atoms with Crippen molar-refractivity contribution in [1.29, 1.82) is 0 Å². The Kier molecular flexibility index (Phi) is 4.85. The number of aliphatic hydroxyl groups is 3. The molecule has 5 nitrogen and oxygen atoms in total. The molecule has 3 rings (SSSR count). The first-order chi connectivity index (χ1) is 10.7. The van der Waals surface area contributed by atoms with E-state index in [2.05, 4.69) is 4.98 Å². The maximum absolute atomic E-state index is 10.4. The van der Waals surface area contributed by atoms with Crippen molar-refractivity contribution in [2.75, 3.05) is 6.61 Å². The van der Waals surface area contributed by atoms with Crippen molar-refractivity contribution in [2.45, 2.75) is 37.3 Å². The van der Waals surface area contributed by atoms with Crippen molar-refractivity contribution in [3.05, 3.63) is 52.5 Å². The summed E-state index contributed by atoms with van der Waals surface area (Å²) >= 11 is 1.54. The summed E-state index contributed by atoms with van der Waals surface area (Å²) in [6.07, 6.45) is 0.542. The van der Waals surface area contributed by atoms with Crippen LogP contribution in [0.2, 0.25) is 0 Å². The molecule has 0 radical (unpaired) electrons. The van der Waals surface area contributed by atoms with Gasteiger partial charge in [-0.25, -0.2) is 4.98 Å². The predicted octanol–water partition coefficient (Wildman–Crippen LogP) is 0.653. The van der Waals surface area contributed by atoms with Crippen LogP contribution in [-0.2, 0) is 13.0 Å². The number of nitrogens with zero attached hydrogens (tertiary/aromatic N) is 2. The molecule has 0 saturated carbocycles. The SMILES string of the molecule is OC[C@@H]1[C@@H](O)[C@@H](O)[C@H](Cc2ccccc2)N1Cc1nccs1. The summed E-state index contributed by atoms with van der Waals surface area (Å²) in [6.45, 7) is 0.337. The minimum absolute atomic E-state index is 0.186. The molecular formula is C16H20N2O3S. The smallest absolute Gasteiger partial charge is 0.107 e. The Morgan fingerprint density at radius 2 is 1.82 bits per heavy atom. The van der Waals surface area contributed by atoms with Gasteiger partial charge in [-0.1, -0.05) is 30.3 Å². The summed E-state index contributed by atoms with van der Waals surface area (Å²) in [5.74, 6) is 0. The molecule has 3 N–H and O–H groups in total. The van der Waals surface area contributed by atoms with Crippen LogP contribution >= 0.6 is 11.3 Å². The number of likely N-dealkylation sites (tertiary alicyclic amines) is 1. The highest BCUT2D eigenvalue weighted by atomic mass is 32.1. The van der Waals surface area contributed by atoms with Crippen molar-refractivity contribution >= 4 is 11.3 Å². The standard InChI is InChI=1S/C16H20N2O3S/c19-10-13-16(21)15(20)12(8-11-4-2-1-3-5-11)18(13)9-14-17-6-7-22-14/h1-7,12-13,15-16,19-21H,8-10H2/t12-,13+,15-,16+/m0/s1. The van der Waals surface area contributed by atoms with E-state index >= 15 is 0 Å². The molecule has 118 valence electrons. The number of aliphatic hydroxyl groups excluding tert-OH is 3. The van der Waals surface area contributed by atoms with Gasteiger partial charge in [-0.2, -0.15) is 0 Å². The van der Waals surface area contributed by atoms with Crippen LogP contribution in [0.4, 0.5) is 0 Å². The Labute approximate surface area is 133 Å². The van der Waals surface area contributed by atoms with E-state index < -0.39 is 18.2 Å². The van der Waals surface area contributed by atoms with Crippen LogP contribution in [-0.4, -0.2) is 56.1 Å². The Morgan fingerprint density at radius 3 is 2.45 bits per heavy atom. The van der Waals surface area contributed by atoms with Crippen molar-refractivity contribution in [3.63, 3.8) is 0 Å². The lowest BCUT2D eigenvalue weighted by molar-refractivity contribution is 0.0178. The molecule has 6 heteroatoms. The number of hydrogen-bond acceptors (Lipinski definition) is 6. The largest absolute Gasteiger partial charge is 0.395 e. The molecule has 1 aromatic carbocycles. The summed E-state index contributed by atoms with van der Waals surface area (Å²) in [6, 6.07) is 9.18.